The molecule has 0 aliphatic carbocycles. The third-order valence-electron chi connectivity index (χ3n) is 1.25. The highest BCUT2D eigenvalue weighted by Crippen LogP contribution is 2.03. The third kappa shape index (κ3) is 4.32. The number of aliphatic hydroxyl groups excluding tert-OH is 1. The fraction of sp³-hybridized carbons (Fsp3) is 0.667. The summed E-state index contributed by atoms with van der Waals surface area (Å²) in [6, 6.07) is 0. The number of aliphatic hydroxyl groups is 1. The molecule has 0 bridgehead atoms. The molecule has 64 valence electrons. The van der Waals surface area contributed by atoms with Gasteiger partial charge in [-0.3, -0.25) is 0 Å². The minimum atomic E-state index is -1.44. The molecule has 0 aromatic heterocycles. The van der Waals surface area contributed by atoms with Crippen LogP contribution >= 0.6 is 0 Å². The number of hydrogen-bond acceptors (Lipinski definition) is 5. The van der Waals surface area contributed by atoms with E-state index in [2.05, 4.69) is 0 Å². The summed E-state index contributed by atoms with van der Waals surface area (Å²) in [5, 5.41) is 28.3. The van der Waals surface area contributed by atoms with E-state index in [-0.39, 0.29) is 12.8 Å². The van der Waals surface area contributed by atoms with E-state index in [0.29, 0.717) is 0 Å². The average molecular weight is 160 g/mol. The van der Waals surface area contributed by atoms with Crippen molar-refractivity contribution in [3.8, 4) is 0 Å². The number of carbonyl (C=O) groups is 2. The number of carbonyl (C=O) groups excluding carboxylic acids is 2. The first-order chi connectivity index (χ1) is 5.07. The molecule has 0 aliphatic rings. The lowest BCUT2D eigenvalue weighted by atomic mass is 10.1. The zero-order chi connectivity index (χ0) is 8.85. The first-order valence-corrected chi connectivity index (χ1v) is 3.09. The first-order valence-electron chi connectivity index (χ1n) is 3.09. The van der Waals surface area contributed by atoms with E-state index in [9.17, 15) is 19.8 Å². The Hall–Kier alpha value is -1.10. The van der Waals surface area contributed by atoms with E-state index in [1.165, 1.54) is 0 Å². The van der Waals surface area contributed by atoms with Crippen molar-refractivity contribution in [1.82, 2.24) is 0 Å². The van der Waals surface area contributed by atoms with Crippen molar-refractivity contribution in [3.63, 3.8) is 0 Å². The van der Waals surface area contributed by atoms with Crippen molar-refractivity contribution < 1.29 is 24.9 Å². The van der Waals surface area contributed by atoms with E-state index >= 15 is 0 Å². The van der Waals surface area contributed by atoms with Crippen LogP contribution < -0.4 is 10.2 Å². The molecule has 1 unspecified atom stereocenters. The number of rotatable bonds is 5. The van der Waals surface area contributed by atoms with Gasteiger partial charge in [-0.1, -0.05) is 0 Å². The second-order valence-corrected chi connectivity index (χ2v) is 2.11. The zero-order valence-electron chi connectivity index (χ0n) is 5.78. The van der Waals surface area contributed by atoms with Crippen molar-refractivity contribution in [2.75, 3.05) is 6.61 Å². The topological polar surface area (TPSA) is 100 Å². The van der Waals surface area contributed by atoms with E-state index in [1.807, 2.05) is 0 Å². The predicted molar refractivity (Wildman–Crippen MR) is 29.8 cm³/mol. The molecule has 5 nitrogen and oxygen atoms in total. The maximum atomic E-state index is 10.1. The van der Waals surface area contributed by atoms with E-state index in [1.54, 1.807) is 0 Å². The van der Waals surface area contributed by atoms with Crippen LogP contribution in [0.15, 0.2) is 0 Å². The molecule has 0 amide bonds. The van der Waals surface area contributed by atoms with Crippen molar-refractivity contribution in [2.24, 2.45) is 5.92 Å². The Labute approximate surface area is 63.3 Å². The minimum absolute atomic E-state index is 0.152. The molecule has 0 saturated heterocycles. The van der Waals surface area contributed by atoms with Gasteiger partial charge in [-0.25, -0.2) is 0 Å². The Balaban J connectivity index is 3.70. The van der Waals surface area contributed by atoms with Crippen LogP contribution in [0.2, 0.25) is 0 Å². The lowest BCUT2D eigenvalue weighted by molar-refractivity contribution is -0.313. The predicted octanol–water partition coefficient (Wildman–Crippen LogP) is -3.13. The Morgan fingerprint density at radius 1 is 1.36 bits per heavy atom. The molecular weight excluding hydrogens is 152 g/mol. The zero-order valence-corrected chi connectivity index (χ0v) is 5.78. The van der Waals surface area contributed by atoms with Gasteiger partial charge in [-0.05, 0) is 12.8 Å². The van der Waals surface area contributed by atoms with Crippen LogP contribution in [0.5, 0.6) is 0 Å². The third-order valence-corrected chi connectivity index (χ3v) is 1.25. The summed E-state index contributed by atoms with van der Waals surface area (Å²) in [6.45, 7) is -0.602. The van der Waals surface area contributed by atoms with Gasteiger partial charge in [0.1, 0.15) is 0 Å². The van der Waals surface area contributed by atoms with Crippen molar-refractivity contribution >= 4 is 11.9 Å². The molecule has 0 rings (SSSR count). The smallest absolute Gasteiger partial charge is 0.0511 e. The second kappa shape index (κ2) is 4.68. The van der Waals surface area contributed by atoms with Gasteiger partial charge >= 0.3 is 0 Å². The van der Waals surface area contributed by atoms with Crippen molar-refractivity contribution in [1.29, 1.82) is 0 Å². The SMILES string of the molecule is O=C([O-])CCC(CO)C(=O)[O-]. The minimum Gasteiger partial charge on any atom is -0.550 e. The monoisotopic (exact) mass is 160 g/mol. The van der Waals surface area contributed by atoms with Crippen molar-refractivity contribution in [3.05, 3.63) is 0 Å². The summed E-state index contributed by atoms with van der Waals surface area (Å²) >= 11 is 0. The Bertz CT molecular complexity index is 153. The van der Waals surface area contributed by atoms with E-state index in [0.717, 1.165) is 0 Å². The van der Waals surface area contributed by atoms with E-state index in [4.69, 9.17) is 5.11 Å². The van der Waals surface area contributed by atoms with Crippen LogP contribution in [-0.2, 0) is 9.59 Å². The lowest BCUT2D eigenvalue weighted by Crippen LogP contribution is -2.34. The van der Waals surface area contributed by atoms with Crippen LogP contribution in [0.3, 0.4) is 0 Å². The molecule has 5 heteroatoms. The normalized spacial score (nSPS) is 12.5. The molecule has 1 N–H and O–H groups in total. The molecule has 0 fully saturated rings. The first kappa shape index (κ1) is 9.90. The summed E-state index contributed by atoms with van der Waals surface area (Å²) in [5.41, 5.74) is 0. The molecule has 0 spiro atoms. The fourth-order valence-electron chi connectivity index (χ4n) is 0.576. The van der Waals surface area contributed by atoms with Crippen molar-refractivity contribution in [2.45, 2.75) is 12.8 Å². The molecule has 0 aromatic carbocycles. The molecule has 0 heterocycles. The number of aliphatic carboxylic acids is 2. The summed E-state index contributed by atoms with van der Waals surface area (Å²) < 4.78 is 0. The molecular formula is C6H8O5-2. The number of carboxylic acid groups (broad SMARTS) is 2. The van der Waals surface area contributed by atoms with Gasteiger partial charge < -0.3 is 24.9 Å². The van der Waals surface area contributed by atoms with Crippen LogP contribution in [0.4, 0.5) is 0 Å². The van der Waals surface area contributed by atoms with Crippen LogP contribution in [0.1, 0.15) is 12.8 Å². The van der Waals surface area contributed by atoms with Gasteiger partial charge in [0.25, 0.3) is 0 Å². The maximum Gasteiger partial charge on any atom is 0.0511 e. The molecule has 0 aromatic rings. The van der Waals surface area contributed by atoms with Gasteiger partial charge in [-0.2, -0.15) is 0 Å². The van der Waals surface area contributed by atoms with Gasteiger partial charge in [0.2, 0.25) is 0 Å². The highest BCUT2D eigenvalue weighted by Gasteiger charge is 2.07. The number of carboxylic acids is 2. The summed E-state index contributed by atoms with van der Waals surface area (Å²) in [6.07, 6.45) is -0.527. The van der Waals surface area contributed by atoms with Gasteiger partial charge in [-0.15, -0.1) is 0 Å². The van der Waals surface area contributed by atoms with Gasteiger partial charge in [0.05, 0.1) is 6.61 Å². The molecule has 0 aliphatic heterocycles. The maximum absolute atomic E-state index is 10.1. The summed E-state index contributed by atoms with van der Waals surface area (Å²) in [4.78, 5) is 19.9. The molecule has 1 atom stereocenters. The van der Waals surface area contributed by atoms with E-state index < -0.39 is 24.5 Å². The van der Waals surface area contributed by atoms with Gasteiger partial charge in [0.15, 0.2) is 0 Å². The lowest BCUT2D eigenvalue weighted by Gasteiger charge is -2.14. The fourth-order valence-corrected chi connectivity index (χ4v) is 0.576. The van der Waals surface area contributed by atoms with Crippen LogP contribution in [-0.4, -0.2) is 23.7 Å². The Morgan fingerprint density at radius 2 is 1.91 bits per heavy atom. The van der Waals surface area contributed by atoms with Crippen LogP contribution in [0.25, 0.3) is 0 Å². The Kier molecular flexibility index (Phi) is 4.21. The Morgan fingerprint density at radius 3 is 2.18 bits per heavy atom. The number of hydrogen-bond donors (Lipinski definition) is 1. The van der Waals surface area contributed by atoms with Crippen LogP contribution in [0, 0.1) is 5.92 Å². The quantitative estimate of drug-likeness (QED) is 0.458. The largest absolute Gasteiger partial charge is 0.550 e. The standard InChI is InChI=1S/C6H10O5/c7-3-4(6(10)11)1-2-5(8)9/h4,7H,1-3H2,(H,8,9)(H,10,11)/p-2. The highest BCUT2D eigenvalue weighted by atomic mass is 16.4. The second-order valence-electron chi connectivity index (χ2n) is 2.11. The molecule has 0 radical (unpaired) electrons. The summed E-state index contributed by atoms with van der Waals surface area (Å²) in [5.74, 6) is -3.87. The average Bonchev–Trinajstić information content (AvgIpc) is 1.87. The molecule has 11 heavy (non-hydrogen) atoms. The molecule has 0 saturated carbocycles. The highest BCUT2D eigenvalue weighted by molar-refractivity contribution is 5.69. The van der Waals surface area contributed by atoms with Gasteiger partial charge in [0, 0.05) is 17.9 Å². The summed E-state index contributed by atoms with van der Waals surface area (Å²) in [7, 11) is 0.